The molecule has 0 amide bonds. The van der Waals surface area contributed by atoms with Crippen LogP contribution in [0.1, 0.15) is 17.7 Å². The average molecular weight is 342 g/mol. The topological polar surface area (TPSA) is 17.8 Å². The second kappa shape index (κ2) is 7.11. The molecule has 0 spiro atoms. The van der Waals surface area contributed by atoms with Crippen molar-refractivity contribution in [2.75, 3.05) is 5.33 Å². The lowest BCUT2D eigenvalue weighted by Crippen LogP contribution is -2.09. The van der Waals surface area contributed by atoms with Gasteiger partial charge in [-0.2, -0.15) is 5.10 Å². The van der Waals surface area contributed by atoms with Crippen LogP contribution < -0.4 is 0 Å². The third kappa shape index (κ3) is 4.36. The van der Waals surface area contributed by atoms with Crippen LogP contribution in [0, 0.1) is 5.92 Å². The highest BCUT2D eigenvalue weighted by atomic mass is 79.9. The normalized spacial score (nSPS) is 12.6. The van der Waals surface area contributed by atoms with Crippen molar-refractivity contribution in [3.63, 3.8) is 0 Å². The Labute approximate surface area is 127 Å². The first-order chi connectivity index (χ1) is 9.19. The Morgan fingerprint density at radius 2 is 2.00 bits per heavy atom. The number of halogens is 2. The van der Waals surface area contributed by atoms with Gasteiger partial charge >= 0.3 is 0 Å². The molecule has 1 aromatic carbocycles. The predicted molar refractivity (Wildman–Crippen MR) is 84.0 cm³/mol. The summed E-state index contributed by atoms with van der Waals surface area (Å²) in [6.45, 7) is 0. The zero-order valence-corrected chi connectivity index (χ0v) is 13.4. The largest absolute Gasteiger partial charge is 0.273 e. The molecule has 4 heteroatoms. The second-order valence-corrected chi connectivity index (χ2v) is 5.92. The summed E-state index contributed by atoms with van der Waals surface area (Å²) < 4.78 is 1.95. The molecule has 0 bridgehead atoms. The summed E-state index contributed by atoms with van der Waals surface area (Å²) in [6, 6.07) is 10.2. The van der Waals surface area contributed by atoms with Gasteiger partial charge in [0.15, 0.2) is 0 Å². The minimum absolute atomic E-state index is 0.635. The number of nitrogens with zero attached hydrogens (tertiary/aromatic N) is 2. The predicted octanol–water partition coefficient (Wildman–Crippen LogP) is 4.26. The van der Waals surface area contributed by atoms with Crippen molar-refractivity contribution >= 4 is 27.5 Å². The van der Waals surface area contributed by atoms with Gasteiger partial charge in [-0.25, -0.2) is 0 Å². The molecule has 2 rings (SSSR count). The van der Waals surface area contributed by atoms with Crippen molar-refractivity contribution in [1.29, 1.82) is 0 Å². The van der Waals surface area contributed by atoms with Crippen molar-refractivity contribution in [2.45, 2.75) is 19.3 Å². The summed E-state index contributed by atoms with van der Waals surface area (Å²) in [7, 11) is 2.00. The monoisotopic (exact) mass is 340 g/mol. The Kier molecular flexibility index (Phi) is 5.46. The molecular formula is C15H18BrClN2. The van der Waals surface area contributed by atoms with Gasteiger partial charge in [0.1, 0.15) is 0 Å². The van der Waals surface area contributed by atoms with Crippen molar-refractivity contribution in [1.82, 2.24) is 9.78 Å². The highest BCUT2D eigenvalue weighted by Gasteiger charge is 2.10. The first kappa shape index (κ1) is 14.6. The average Bonchev–Trinajstić information content (AvgIpc) is 2.82. The van der Waals surface area contributed by atoms with E-state index in [0.717, 1.165) is 29.6 Å². The lowest BCUT2D eigenvalue weighted by Gasteiger charge is -2.14. The lowest BCUT2D eigenvalue weighted by atomic mass is 9.96. The number of aromatic nitrogens is 2. The van der Waals surface area contributed by atoms with Crippen molar-refractivity contribution < 1.29 is 0 Å². The first-order valence-electron chi connectivity index (χ1n) is 6.46. The SMILES string of the molecule is Cn1nccc1CCC(CBr)Cc1ccc(Cl)cc1. The molecule has 0 aliphatic heterocycles. The van der Waals surface area contributed by atoms with E-state index >= 15 is 0 Å². The Bertz CT molecular complexity index is 507. The number of benzene rings is 1. The summed E-state index contributed by atoms with van der Waals surface area (Å²) in [5.41, 5.74) is 2.64. The molecule has 1 unspecified atom stereocenters. The number of hydrogen-bond donors (Lipinski definition) is 0. The number of hydrogen-bond acceptors (Lipinski definition) is 1. The van der Waals surface area contributed by atoms with Gasteiger partial charge in [-0.1, -0.05) is 39.7 Å². The highest BCUT2D eigenvalue weighted by molar-refractivity contribution is 9.09. The molecule has 1 heterocycles. The molecule has 0 N–H and O–H groups in total. The molecule has 2 aromatic rings. The molecule has 0 aliphatic carbocycles. The quantitative estimate of drug-likeness (QED) is 0.718. The van der Waals surface area contributed by atoms with Crippen molar-refractivity contribution in [3.8, 4) is 0 Å². The molecule has 0 saturated carbocycles. The minimum Gasteiger partial charge on any atom is -0.273 e. The summed E-state index contributed by atoms with van der Waals surface area (Å²) in [4.78, 5) is 0. The zero-order chi connectivity index (χ0) is 13.7. The molecule has 0 saturated heterocycles. The van der Waals surface area contributed by atoms with Gasteiger partial charge in [-0.05, 0) is 48.9 Å². The number of alkyl halides is 1. The van der Waals surface area contributed by atoms with Crippen LogP contribution in [-0.4, -0.2) is 15.1 Å². The smallest absolute Gasteiger partial charge is 0.0492 e. The molecule has 0 radical (unpaired) electrons. The van der Waals surface area contributed by atoms with Crippen molar-refractivity contribution in [2.24, 2.45) is 13.0 Å². The maximum Gasteiger partial charge on any atom is 0.0492 e. The lowest BCUT2D eigenvalue weighted by molar-refractivity contribution is 0.528. The summed E-state index contributed by atoms with van der Waals surface area (Å²) in [5, 5.41) is 6.03. The molecule has 1 aromatic heterocycles. The fraction of sp³-hybridized carbons (Fsp3) is 0.400. The first-order valence-corrected chi connectivity index (χ1v) is 7.96. The molecule has 102 valence electrons. The van der Waals surface area contributed by atoms with E-state index < -0.39 is 0 Å². The number of aryl methyl sites for hydroxylation is 2. The molecule has 1 atom stereocenters. The van der Waals surface area contributed by atoms with E-state index in [2.05, 4.69) is 39.2 Å². The van der Waals surface area contributed by atoms with Crippen LogP contribution in [0.2, 0.25) is 5.02 Å². The van der Waals surface area contributed by atoms with Crippen molar-refractivity contribution in [3.05, 3.63) is 52.8 Å². The molecule has 2 nitrogen and oxygen atoms in total. The standard InChI is InChI=1S/C15H18BrClN2/c1-19-15(8-9-18-19)7-4-13(11-16)10-12-2-5-14(17)6-3-12/h2-3,5-6,8-9,13H,4,7,10-11H2,1H3. The Morgan fingerprint density at radius 1 is 1.26 bits per heavy atom. The Balaban J connectivity index is 1.90. The molecule has 0 aliphatic rings. The molecule has 19 heavy (non-hydrogen) atoms. The zero-order valence-electron chi connectivity index (χ0n) is 11.0. The maximum absolute atomic E-state index is 5.91. The van der Waals surface area contributed by atoms with Gasteiger partial charge in [-0.15, -0.1) is 0 Å². The van der Waals surface area contributed by atoms with Crippen LogP contribution in [0.25, 0.3) is 0 Å². The minimum atomic E-state index is 0.635. The van der Waals surface area contributed by atoms with Gasteiger partial charge in [0, 0.05) is 29.3 Å². The van der Waals surface area contributed by atoms with Gasteiger partial charge in [0.25, 0.3) is 0 Å². The molecule has 0 fully saturated rings. The summed E-state index contributed by atoms with van der Waals surface area (Å²) >= 11 is 9.53. The Hall–Kier alpha value is -0.800. The summed E-state index contributed by atoms with van der Waals surface area (Å²) in [5.74, 6) is 0.635. The third-order valence-electron chi connectivity index (χ3n) is 3.39. The van der Waals surface area contributed by atoms with E-state index in [-0.39, 0.29) is 0 Å². The van der Waals surface area contributed by atoms with Gasteiger partial charge < -0.3 is 0 Å². The van der Waals surface area contributed by atoms with E-state index in [1.54, 1.807) is 0 Å². The van der Waals surface area contributed by atoms with E-state index in [1.165, 1.54) is 11.3 Å². The van der Waals surface area contributed by atoms with Crippen LogP contribution >= 0.6 is 27.5 Å². The van der Waals surface area contributed by atoms with Crippen LogP contribution in [0.3, 0.4) is 0 Å². The van der Waals surface area contributed by atoms with E-state index in [9.17, 15) is 0 Å². The maximum atomic E-state index is 5.91. The molecular weight excluding hydrogens is 324 g/mol. The van der Waals surface area contributed by atoms with Crippen LogP contribution in [-0.2, 0) is 19.9 Å². The number of rotatable bonds is 6. The van der Waals surface area contributed by atoms with Gasteiger partial charge in [0.05, 0.1) is 0 Å². The van der Waals surface area contributed by atoms with E-state index in [4.69, 9.17) is 11.6 Å². The fourth-order valence-corrected chi connectivity index (χ4v) is 2.86. The Morgan fingerprint density at radius 3 is 2.58 bits per heavy atom. The van der Waals surface area contributed by atoms with Crippen LogP contribution in [0.5, 0.6) is 0 Å². The van der Waals surface area contributed by atoms with Crippen LogP contribution in [0.4, 0.5) is 0 Å². The van der Waals surface area contributed by atoms with Crippen LogP contribution in [0.15, 0.2) is 36.5 Å². The fourth-order valence-electron chi connectivity index (χ4n) is 2.19. The summed E-state index contributed by atoms with van der Waals surface area (Å²) in [6.07, 6.45) is 5.17. The third-order valence-corrected chi connectivity index (χ3v) is 4.55. The van der Waals surface area contributed by atoms with E-state index in [0.29, 0.717) is 5.92 Å². The highest BCUT2D eigenvalue weighted by Crippen LogP contribution is 2.19. The van der Waals surface area contributed by atoms with Gasteiger partial charge in [-0.3, -0.25) is 4.68 Å². The van der Waals surface area contributed by atoms with Gasteiger partial charge in [0.2, 0.25) is 0 Å². The van der Waals surface area contributed by atoms with E-state index in [1.807, 2.05) is 30.1 Å². The second-order valence-electron chi connectivity index (χ2n) is 4.84.